The SMILES string of the molecule is Cc1cc(N2CCN(C)CC2)ccc1NC(=O)C(=O)N[C@@H](C)C(C)C. The summed E-state index contributed by atoms with van der Waals surface area (Å²) in [6, 6.07) is 5.90. The van der Waals surface area contributed by atoms with Gasteiger partial charge in [-0.2, -0.15) is 0 Å². The van der Waals surface area contributed by atoms with Crippen molar-refractivity contribution in [2.45, 2.75) is 33.7 Å². The number of piperazine rings is 1. The molecule has 1 saturated heterocycles. The van der Waals surface area contributed by atoms with Gasteiger partial charge in [0.25, 0.3) is 0 Å². The number of anilines is 2. The van der Waals surface area contributed by atoms with Crippen molar-refractivity contribution in [3.05, 3.63) is 23.8 Å². The fourth-order valence-electron chi connectivity index (χ4n) is 2.67. The minimum Gasteiger partial charge on any atom is -0.369 e. The van der Waals surface area contributed by atoms with Crippen LogP contribution in [-0.4, -0.2) is 56.0 Å². The maximum atomic E-state index is 12.1. The largest absolute Gasteiger partial charge is 0.369 e. The van der Waals surface area contributed by atoms with Crippen LogP contribution in [0.5, 0.6) is 0 Å². The molecule has 0 bridgehead atoms. The number of amides is 2. The van der Waals surface area contributed by atoms with Crippen LogP contribution in [0.15, 0.2) is 18.2 Å². The molecular weight excluding hydrogens is 316 g/mol. The number of rotatable bonds is 4. The van der Waals surface area contributed by atoms with Gasteiger partial charge >= 0.3 is 11.8 Å². The Morgan fingerprint density at radius 3 is 2.24 bits per heavy atom. The Bertz CT molecular complexity index is 622. The number of hydrogen-bond acceptors (Lipinski definition) is 4. The maximum Gasteiger partial charge on any atom is 0.313 e. The van der Waals surface area contributed by atoms with Crippen molar-refractivity contribution in [3.8, 4) is 0 Å². The molecule has 138 valence electrons. The molecule has 1 aliphatic heterocycles. The van der Waals surface area contributed by atoms with Gasteiger partial charge in [-0.15, -0.1) is 0 Å². The van der Waals surface area contributed by atoms with Crippen LogP contribution >= 0.6 is 0 Å². The molecule has 0 aromatic heterocycles. The van der Waals surface area contributed by atoms with Crippen LogP contribution in [0.25, 0.3) is 0 Å². The Morgan fingerprint density at radius 2 is 1.68 bits per heavy atom. The van der Waals surface area contributed by atoms with E-state index in [2.05, 4.69) is 33.5 Å². The van der Waals surface area contributed by atoms with Gasteiger partial charge in [0.05, 0.1) is 0 Å². The highest BCUT2D eigenvalue weighted by Gasteiger charge is 2.19. The predicted octanol–water partition coefficient (Wildman–Crippen LogP) is 1.85. The van der Waals surface area contributed by atoms with Crippen molar-refractivity contribution >= 4 is 23.2 Å². The molecule has 1 heterocycles. The van der Waals surface area contributed by atoms with Gasteiger partial charge in [0, 0.05) is 43.6 Å². The van der Waals surface area contributed by atoms with Crippen molar-refractivity contribution in [2.24, 2.45) is 5.92 Å². The molecule has 0 spiro atoms. The van der Waals surface area contributed by atoms with Crippen molar-refractivity contribution < 1.29 is 9.59 Å². The molecule has 25 heavy (non-hydrogen) atoms. The van der Waals surface area contributed by atoms with E-state index in [0.717, 1.165) is 37.4 Å². The zero-order chi connectivity index (χ0) is 18.6. The van der Waals surface area contributed by atoms with Crippen molar-refractivity contribution in [1.82, 2.24) is 10.2 Å². The highest BCUT2D eigenvalue weighted by Crippen LogP contribution is 2.23. The third-order valence-corrected chi connectivity index (χ3v) is 4.89. The lowest BCUT2D eigenvalue weighted by Crippen LogP contribution is -2.44. The summed E-state index contributed by atoms with van der Waals surface area (Å²) in [7, 11) is 2.13. The summed E-state index contributed by atoms with van der Waals surface area (Å²) < 4.78 is 0. The van der Waals surface area contributed by atoms with E-state index < -0.39 is 11.8 Å². The van der Waals surface area contributed by atoms with E-state index >= 15 is 0 Å². The number of aryl methyl sites for hydroxylation is 1. The smallest absolute Gasteiger partial charge is 0.313 e. The van der Waals surface area contributed by atoms with Crippen molar-refractivity contribution in [3.63, 3.8) is 0 Å². The average molecular weight is 346 g/mol. The van der Waals surface area contributed by atoms with Crippen molar-refractivity contribution in [1.29, 1.82) is 0 Å². The first-order chi connectivity index (χ1) is 11.8. The van der Waals surface area contributed by atoms with Gasteiger partial charge in [0.15, 0.2) is 0 Å². The lowest BCUT2D eigenvalue weighted by Gasteiger charge is -2.34. The molecule has 2 amide bonds. The number of carbonyl (C=O) groups excluding carboxylic acids is 2. The molecule has 0 radical (unpaired) electrons. The van der Waals surface area contributed by atoms with E-state index in [-0.39, 0.29) is 12.0 Å². The van der Waals surface area contributed by atoms with E-state index in [0.29, 0.717) is 5.69 Å². The lowest BCUT2D eigenvalue weighted by atomic mass is 10.1. The number of hydrogen-bond donors (Lipinski definition) is 2. The van der Waals surface area contributed by atoms with E-state index in [9.17, 15) is 9.59 Å². The Kier molecular flexibility index (Phi) is 6.42. The van der Waals surface area contributed by atoms with Crippen LogP contribution in [0.1, 0.15) is 26.3 Å². The first kappa shape index (κ1) is 19.2. The Balaban J connectivity index is 1.98. The molecular formula is C19H30N4O2. The third-order valence-electron chi connectivity index (χ3n) is 4.89. The van der Waals surface area contributed by atoms with Gasteiger partial charge in [-0.1, -0.05) is 13.8 Å². The number of nitrogens with zero attached hydrogens (tertiary/aromatic N) is 2. The van der Waals surface area contributed by atoms with E-state index in [1.165, 1.54) is 0 Å². The Labute approximate surface area is 150 Å². The second-order valence-electron chi connectivity index (χ2n) is 7.25. The summed E-state index contributed by atoms with van der Waals surface area (Å²) in [5, 5.41) is 5.44. The highest BCUT2D eigenvalue weighted by atomic mass is 16.2. The van der Waals surface area contributed by atoms with Gasteiger partial charge in [-0.3, -0.25) is 9.59 Å². The number of carbonyl (C=O) groups is 2. The number of likely N-dealkylation sites (N-methyl/N-ethyl adjacent to an activating group) is 1. The van der Waals surface area contributed by atoms with Crippen LogP contribution in [-0.2, 0) is 9.59 Å². The molecule has 1 aromatic carbocycles. The Morgan fingerprint density at radius 1 is 1.04 bits per heavy atom. The normalized spacial score (nSPS) is 16.6. The van der Waals surface area contributed by atoms with Gasteiger partial charge in [0.2, 0.25) is 0 Å². The highest BCUT2D eigenvalue weighted by molar-refractivity contribution is 6.39. The van der Waals surface area contributed by atoms with Gasteiger partial charge in [-0.25, -0.2) is 0 Å². The third kappa shape index (κ3) is 5.19. The van der Waals surface area contributed by atoms with E-state index in [1.807, 2.05) is 39.8 Å². The summed E-state index contributed by atoms with van der Waals surface area (Å²) in [4.78, 5) is 28.7. The van der Waals surface area contributed by atoms with Crippen LogP contribution < -0.4 is 15.5 Å². The average Bonchev–Trinajstić information content (AvgIpc) is 2.57. The van der Waals surface area contributed by atoms with Gasteiger partial charge in [0.1, 0.15) is 0 Å². The molecule has 1 fully saturated rings. The Hall–Kier alpha value is -2.08. The molecule has 2 rings (SSSR count). The summed E-state index contributed by atoms with van der Waals surface area (Å²) in [6.07, 6.45) is 0. The zero-order valence-electron chi connectivity index (χ0n) is 15.9. The molecule has 0 aliphatic carbocycles. The molecule has 1 aromatic rings. The van der Waals surface area contributed by atoms with Gasteiger partial charge in [-0.05, 0) is 50.6 Å². The second-order valence-corrected chi connectivity index (χ2v) is 7.25. The molecule has 0 saturated carbocycles. The van der Waals surface area contributed by atoms with E-state index in [4.69, 9.17) is 0 Å². The molecule has 2 N–H and O–H groups in total. The topological polar surface area (TPSA) is 64.7 Å². The summed E-state index contributed by atoms with van der Waals surface area (Å²) in [5.41, 5.74) is 2.78. The first-order valence-electron chi connectivity index (χ1n) is 8.94. The van der Waals surface area contributed by atoms with Crippen molar-refractivity contribution in [2.75, 3.05) is 43.4 Å². The molecule has 6 nitrogen and oxygen atoms in total. The summed E-state index contributed by atoms with van der Waals surface area (Å²) >= 11 is 0. The quantitative estimate of drug-likeness (QED) is 0.817. The maximum absolute atomic E-state index is 12.1. The number of nitrogens with one attached hydrogen (secondary N) is 2. The standard InChI is InChI=1S/C19H30N4O2/c1-13(2)15(4)20-18(24)19(25)21-17-7-6-16(12-14(17)3)23-10-8-22(5)9-11-23/h6-7,12-13,15H,8-11H2,1-5H3,(H,20,24)(H,21,25)/t15-/m0/s1. The van der Waals surface area contributed by atoms with Crippen LogP contribution in [0.2, 0.25) is 0 Å². The number of benzene rings is 1. The van der Waals surface area contributed by atoms with Crippen LogP contribution in [0, 0.1) is 12.8 Å². The second kappa shape index (κ2) is 8.34. The van der Waals surface area contributed by atoms with Crippen LogP contribution in [0.4, 0.5) is 11.4 Å². The summed E-state index contributed by atoms with van der Waals surface area (Å²) in [6.45, 7) is 11.9. The lowest BCUT2D eigenvalue weighted by molar-refractivity contribution is -0.136. The minimum absolute atomic E-state index is 0.0426. The molecule has 0 unspecified atom stereocenters. The molecule has 6 heteroatoms. The summed E-state index contributed by atoms with van der Waals surface area (Å²) in [5.74, 6) is -0.937. The molecule has 1 aliphatic rings. The predicted molar refractivity (Wildman–Crippen MR) is 102 cm³/mol. The fourth-order valence-corrected chi connectivity index (χ4v) is 2.67. The molecule has 1 atom stereocenters. The minimum atomic E-state index is -0.622. The van der Waals surface area contributed by atoms with E-state index in [1.54, 1.807) is 0 Å². The fraction of sp³-hybridized carbons (Fsp3) is 0.579. The monoisotopic (exact) mass is 346 g/mol. The van der Waals surface area contributed by atoms with Gasteiger partial charge < -0.3 is 20.4 Å². The van der Waals surface area contributed by atoms with Crippen LogP contribution in [0.3, 0.4) is 0 Å². The first-order valence-corrected chi connectivity index (χ1v) is 8.94. The zero-order valence-corrected chi connectivity index (χ0v) is 15.9.